The van der Waals surface area contributed by atoms with Gasteiger partial charge in [0.15, 0.2) is 0 Å². The van der Waals surface area contributed by atoms with Gasteiger partial charge in [-0.25, -0.2) is 0 Å². The molecule has 21 heavy (non-hydrogen) atoms. The number of hydrogen-bond donors (Lipinski definition) is 2. The van der Waals surface area contributed by atoms with Crippen LogP contribution < -0.4 is 5.32 Å². The molecular formula is C16H22N2O3. The van der Waals surface area contributed by atoms with Crippen LogP contribution in [0.25, 0.3) is 0 Å². The van der Waals surface area contributed by atoms with Gasteiger partial charge in [-0.1, -0.05) is 30.5 Å². The van der Waals surface area contributed by atoms with Crippen LogP contribution in [-0.2, 0) is 9.59 Å². The minimum Gasteiger partial charge on any atom is -0.480 e. The number of amides is 1. The third-order valence-corrected chi connectivity index (χ3v) is 3.83. The Bertz CT molecular complexity index is 499. The Labute approximate surface area is 125 Å². The van der Waals surface area contributed by atoms with Crippen molar-refractivity contribution in [3.63, 3.8) is 0 Å². The highest BCUT2D eigenvalue weighted by Gasteiger charge is 2.28. The molecule has 1 atom stereocenters. The molecule has 0 aromatic heterocycles. The van der Waals surface area contributed by atoms with Crippen LogP contribution in [0.3, 0.4) is 0 Å². The molecule has 1 aliphatic heterocycles. The lowest BCUT2D eigenvalue weighted by atomic mass is 10.1. The third kappa shape index (κ3) is 4.56. The largest absolute Gasteiger partial charge is 0.480 e. The van der Waals surface area contributed by atoms with Gasteiger partial charge in [-0.2, -0.15) is 0 Å². The summed E-state index contributed by atoms with van der Waals surface area (Å²) in [5.41, 5.74) is 1.87. The van der Waals surface area contributed by atoms with Crippen LogP contribution in [0.1, 0.15) is 31.2 Å². The van der Waals surface area contributed by atoms with E-state index in [-0.39, 0.29) is 12.5 Å². The van der Waals surface area contributed by atoms with Crippen molar-refractivity contribution < 1.29 is 14.7 Å². The second-order valence-corrected chi connectivity index (χ2v) is 5.59. The second-order valence-electron chi connectivity index (χ2n) is 5.59. The molecular weight excluding hydrogens is 268 g/mol. The van der Waals surface area contributed by atoms with Crippen LogP contribution in [0.2, 0.25) is 0 Å². The molecule has 5 heteroatoms. The average molecular weight is 290 g/mol. The summed E-state index contributed by atoms with van der Waals surface area (Å²) in [7, 11) is 0. The van der Waals surface area contributed by atoms with E-state index < -0.39 is 12.0 Å². The third-order valence-electron chi connectivity index (χ3n) is 3.83. The van der Waals surface area contributed by atoms with E-state index in [9.17, 15) is 14.7 Å². The molecule has 1 amide bonds. The van der Waals surface area contributed by atoms with E-state index in [2.05, 4.69) is 5.32 Å². The number of rotatable bonds is 4. The summed E-state index contributed by atoms with van der Waals surface area (Å²) < 4.78 is 0. The minimum absolute atomic E-state index is 0.130. The zero-order valence-corrected chi connectivity index (χ0v) is 12.3. The summed E-state index contributed by atoms with van der Waals surface area (Å²) >= 11 is 0. The number of aliphatic carboxylic acids is 1. The topological polar surface area (TPSA) is 69.6 Å². The van der Waals surface area contributed by atoms with Crippen LogP contribution in [0.5, 0.6) is 0 Å². The molecule has 114 valence electrons. The number of carbonyl (C=O) groups excluding carboxylic acids is 1. The molecule has 1 aliphatic rings. The van der Waals surface area contributed by atoms with Crippen LogP contribution in [0.15, 0.2) is 24.3 Å². The fraction of sp³-hybridized carbons (Fsp3) is 0.500. The van der Waals surface area contributed by atoms with Crippen molar-refractivity contribution in [2.45, 2.75) is 38.6 Å². The number of hydrogen-bond acceptors (Lipinski definition) is 3. The normalized spacial score (nSPS) is 19.8. The van der Waals surface area contributed by atoms with E-state index in [0.29, 0.717) is 13.0 Å². The van der Waals surface area contributed by atoms with Gasteiger partial charge >= 0.3 is 5.97 Å². The highest BCUT2D eigenvalue weighted by Crippen LogP contribution is 2.17. The predicted octanol–water partition coefficient (Wildman–Crippen LogP) is 2.26. The SMILES string of the molecule is Cc1ccc(NC(=O)CN2CCCCCC2C(=O)O)cc1. The van der Waals surface area contributed by atoms with Crippen LogP contribution in [-0.4, -0.2) is 41.0 Å². The van der Waals surface area contributed by atoms with E-state index >= 15 is 0 Å². The highest BCUT2D eigenvalue weighted by atomic mass is 16.4. The Balaban J connectivity index is 1.96. The number of anilines is 1. The molecule has 2 N–H and O–H groups in total. The zero-order valence-electron chi connectivity index (χ0n) is 12.3. The molecule has 0 aliphatic carbocycles. The Hall–Kier alpha value is -1.88. The number of carbonyl (C=O) groups is 2. The molecule has 0 spiro atoms. The Morgan fingerprint density at radius 3 is 2.62 bits per heavy atom. The maximum Gasteiger partial charge on any atom is 0.320 e. The Kier molecular flexibility index (Phi) is 5.33. The highest BCUT2D eigenvalue weighted by molar-refractivity contribution is 5.92. The molecule has 1 aromatic carbocycles. The van der Waals surface area contributed by atoms with Crippen LogP contribution >= 0.6 is 0 Å². The lowest BCUT2D eigenvalue weighted by Crippen LogP contribution is -2.44. The second kappa shape index (κ2) is 7.22. The molecule has 1 aromatic rings. The standard InChI is InChI=1S/C16H22N2O3/c1-12-6-8-13(9-7-12)17-15(19)11-18-10-4-2-3-5-14(18)16(20)21/h6-9,14H,2-5,10-11H2,1H3,(H,17,19)(H,20,21). The molecule has 0 saturated carbocycles. The molecule has 5 nitrogen and oxygen atoms in total. The van der Waals surface area contributed by atoms with Crippen molar-refractivity contribution in [3.8, 4) is 0 Å². The minimum atomic E-state index is -0.833. The summed E-state index contributed by atoms with van der Waals surface area (Å²) in [5, 5.41) is 12.1. The average Bonchev–Trinajstić information content (AvgIpc) is 2.67. The number of benzene rings is 1. The zero-order chi connectivity index (χ0) is 15.2. The molecule has 0 radical (unpaired) electrons. The molecule has 1 heterocycles. The first-order chi connectivity index (χ1) is 10.1. The number of carboxylic acid groups (broad SMARTS) is 1. The fourth-order valence-corrected chi connectivity index (χ4v) is 2.66. The number of carboxylic acids is 1. The van der Waals surface area contributed by atoms with E-state index in [1.165, 1.54) is 0 Å². The lowest BCUT2D eigenvalue weighted by Gasteiger charge is -2.25. The molecule has 2 rings (SSSR count). The van der Waals surface area contributed by atoms with Crippen molar-refractivity contribution in [1.82, 2.24) is 4.90 Å². The fourth-order valence-electron chi connectivity index (χ4n) is 2.66. The van der Waals surface area contributed by atoms with E-state index in [1.807, 2.05) is 31.2 Å². The van der Waals surface area contributed by atoms with E-state index in [1.54, 1.807) is 4.90 Å². The number of nitrogens with zero attached hydrogens (tertiary/aromatic N) is 1. The van der Waals surface area contributed by atoms with Crippen molar-refractivity contribution in [2.75, 3.05) is 18.4 Å². The Morgan fingerprint density at radius 1 is 1.24 bits per heavy atom. The maximum absolute atomic E-state index is 12.1. The van der Waals surface area contributed by atoms with Crippen LogP contribution in [0, 0.1) is 6.92 Å². The summed E-state index contributed by atoms with van der Waals surface area (Å²) in [5.74, 6) is -0.993. The van der Waals surface area contributed by atoms with Gasteiger partial charge in [0.1, 0.15) is 6.04 Å². The summed E-state index contributed by atoms with van der Waals surface area (Å²) in [6.07, 6.45) is 3.50. The first-order valence-corrected chi connectivity index (χ1v) is 7.39. The van der Waals surface area contributed by atoms with E-state index in [0.717, 1.165) is 30.5 Å². The van der Waals surface area contributed by atoms with Crippen LogP contribution in [0.4, 0.5) is 5.69 Å². The molecule has 1 saturated heterocycles. The van der Waals surface area contributed by atoms with Crippen molar-refractivity contribution in [2.24, 2.45) is 0 Å². The summed E-state index contributed by atoms with van der Waals surface area (Å²) in [6.45, 7) is 2.78. The van der Waals surface area contributed by atoms with Gasteiger partial charge in [0, 0.05) is 5.69 Å². The number of likely N-dealkylation sites (tertiary alicyclic amines) is 1. The number of aryl methyl sites for hydroxylation is 1. The van der Waals surface area contributed by atoms with Gasteiger partial charge in [-0.05, 0) is 38.4 Å². The van der Waals surface area contributed by atoms with Gasteiger partial charge in [0.25, 0.3) is 0 Å². The van der Waals surface area contributed by atoms with Gasteiger partial charge < -0.3 is 10.4 Å². The predicted molar refractivity (Wildman–Crippen MR) is 81.3 cm³/mol. The van der Waals surface area contributed by atoms with Gasteiger partial charge in [-0.15, -0.1) is 0 Å². The first kappa shape index (κ1) is 15.5. The first-order valence-electron chi connectivity index (χ1n) is 7.39. The van der Waals surface area contributed by atoms with Gasteiger partial charge in [-0.3, -0.25) is 14.5 Å². The smallest absolute Gasteiger partial charge is 0.320 e. The lowest BCUT2D eigenvalue weighted by molar-refractivity contribution is -0.143. The van der Waals surface area contributed by atoms with E-state index in [4.69, 9.17) is 0 Å². The summed E-state index contributed by atoms with van der Waals surface area (Å²) in [6, 6.07) is 7.02. The number of nitrogens with one attached hydrogen (secondary N) is 1. The van der Waals surface area contributed by atoms with Gasteiger partial charge in [0.2, 0.25) is 5.91 Å². The molecule has 1 fully saturated rings. The molecule has 0 bridgehead atoms. The van der Waals surface area contributed by atoms with Crippen molar-refractivity contribution in [3.05, 3.63) is 29.8 Å². The monoisotopic (exact) mass is 290 g/mol. The Morgan fingerprint density at radius 2 is 1.95 bits per heavy atom. The summed E-state index contributed by atoms with van der Waals surface area (Å²) in [4.78, 5) is 25.2. The van der Waals surface area contributed by atoms with Gasteiger partial charge in [0.05, 0.1) is 6.54 Å². The maximum atomic E-state index is 12.1. The quantitative estimate of drug-likeness (QED) is 0.892. The molecule has 1 unspecified atom stereocenters. The van der Waals surface area contributed by atoms with Crippen molar-refractivity contribution >= 4 is 17.6 Å². The van der Waals surface area contributed by atoms with Crippen molar-refractivity contribution in [1.29, 1.82) is 0 Å².